The van der Waals surface area contributed by atoms with E-state index in [9.17, 15) is 14.9 Å². The van der Waals surface area contributed by atoms with Crippen molar-refractivity contribution in [2.24, 2.45) is 11.7 Å². The number of anilines is 1. The molecule has 1 aromatic carbocycles. The number of hydrogen-bond acceptors (Lipinski definition) is 5. The van der Waals surface area contributed by atoms with E-state index in [4.69, 9.17) is 22.1 Å². The van der Waals surface area contributed by atoms with Gasteiger partial charge in [0.2, 0.25) is 5.91 Å². The van der Waals surface area contributed by atoms with Crippen molar-refractivity contribution in [3.8, 4) is 0 Å². The minimum Gasteiger partial charge on any atom is -0.379 e. The van der Waals surface area contributed by atoms with E-state index < -0.39 is 10.8 Å². The number of halogens is 1. The lowest BCUT2D eigenvalue weighted by Gasteiger charge is -2.14. The number of carbonyl (C=O) groups excluding carboxylic acids is 1. The highest BCUT2D eigenvalue weighted by molar-refractivity contribution is 6.34. The second kappa shape index (κ2) is 5.52. The average Bonchev–Trinajstić information content (AvgIpc) is 2.77. The van der Waals surface area contributed by atoms with Gasteiger partial charge in [0.15, 0.2) is 0 Å². The summed E-state index contributed by atoms with van der Waals surface area (Å²) in [6.45, 7) is 0.601. The summed E-state index contributed by atoms with van der Waals surface area (Å²) in [5.74, 6) is -0.744. The molecule has 0 radical (unpaired) electrons. The monoisotopic (exact) mass is 285 g/mol. The summed E-state index contributed by atoms with van der Waals surface area (Å²) in [5, 5.41) is 13.3. The van der Waals surface area contributed by atoms with Gasteiger partial charge in [-0.1, -0.05) is 11.6 Å². The van der Waals surface area contributed by atoms with Crippen LogP contribution in [0.2, 0.25) is 5.02 Å². The molecule has 3 N–H and O–H groups in total. The highest BCUT2D eigenvalue weighted by atomic mass is 35.5. The fourth-order valence-corrected chi connectivity index (χ4v) is 2.01. The van der Waals surface area contributed by atoms with Gasteiger partial charge in [0.25, 0.3) is 5.69 Å². The van der Waals surface area contributed by atoms with Crippen molar-refractivity contribution in [3.63, 3.8) is 0 Å². The molecule has 1 aromatic rings. The van der Waals surface area contributed by atoms with Crippen LogP contribution in [0.1, 0.15) is 0 Å². The molecule has 1 aliphatic heterocycles. The smallest absolute Gasteiger partial charge is 0.271 e. The van der Waals surface area contributed by atoms with E-state index in [0.717, 1.165) is 0 Å². The van der Waals surface area contributed by atoms with E-state index >= 15 is 0 Å². The van der Waals surface area contributed by atoms with Gasteiger partial charge in [-0.05, 0) is 6.07 Å². The molecule has 1 amide bonds. The van der Waals surface area contributed by atoms with Crippen LogP contribution in [0.5, 0.6) is 0 Å². The van der Waals surface area contributed by atoms with Gasteiger partial charge in [-0.25, -0.2) is 0 Å². The Balaban J connectivity index is 2.11. The van der Waals surface area contributed by atoms with Crippen LogP contribution >= 0.6 is 11.6 Å². The Labute approximate surface area is 113 Å². The van der Waals surface area contributed by atoms with Gasteiger partial charge in [0, 0.05) is 18.2 Å². The molecular weight excluding hydrogens is 274 g/mol. The van der Waals surface area contributed by atoms with Crippen LogP contribution in [-0.4, -0.2) is 30.1 Å². The first-order valence-corrected chi connectivity index (χ1v) is 5.95. The van der Waals surface area contributed by atoms with Crippen molar-refractivity contribution in [1.29, 1.82) is 0 Å². The van der Waals surface area contributed by atoms with Crippen LogP contribution in [0, 0.1) is 16.0 Å². The Morgan fingerprint density at radius 3 is 2.79 bits per heavy atom. The lowest BCUT2D eigenvalue weighted by molar-refractivity contribution is -0.384. The Morgan fingerprint density at radius 2 is 2.26 bits per heavy atom. The number of hydrogen-bond donors (Lipinski definition) is 2. The molecule has 1 aliphatic rings. The second-order valence-electron chi connectivity index (χ2n) is 4.22. The van der Waals surface area contributed by atoms with Crippen LogP contribution in [0.15, 0.2) is 18.2 Å². The second-order valence-corrected chi connectivity index (χ2v) is 4.63. The molecule has 8 heteroatoms. The van der Waals surface area contributed by atoms with E-state index in [1.807, 2.05) is 0 Å². The number of nitrogens with zero attached hydrogens (tertiary/aromatic N) is 1. The lowest BCUT2D eigenvalue weighted by Crippen LogP contribution is -2.37. The number of amides is 1. The van der Waals surface area contributed by atoms with E-state index in [0.29, 0.717) is 12.3 Å². The lowest BCUT2D eigenvalue weighted by atomic mass is 10.0. The summed E-state index contributed by atoms with van der Waals surface area (Å²) >= 11 is 5.88. The number of non-ortho nitro benzene ring substituents is 1. The maximum absolute atomic E-state index is 11.9. The maximum atomic E-state index is 11.9. The number of nitro groups is 1. The van der Waals surface area contributed by atoms with Crippen LogP contribution in [0.3, 0.4) is 0 Å². The van der Waals surface area contributed by atoms with Crippen LogP contribution in [0.25, 0.3) is 0 Å². The molecule has 0 aliphatic carbocycles. The minimum absolute atomic E-state index is 0.107. The normalized spacial score (nSPS) is 22.2. The molecule has 2 atom stereocenters. The largest absolute Gasteiger partial charge is 0.379 e. The van der Waals surface area contributed by atoms with Gasteiger partial charge in [-0.15, -0.1) is 0 Å². The van der Waals surface area contributed by atoms with Crippen LogP contribution in [0.4, 0.5) is 11.4 Å². The molecule has 2 unspecified atom stereocenters. The number of nitrogens with one attached hydrogen (secondary N) is 1. The van der Waals surface area contributed by atoms with Gasteiger partial charge in [0.1, 0.15) is 0 Å². The van der Waals surface area contributed by atoms with Gasteiger partial charge < -0.3 is 15.8 Å². The van der Waals surface area contributed by atoms with Crippen molar-refractivity contribution in [2.75, 3.05) is 18.5 Å². The summed E-state index contributed by atoms with van der Waals surface area (Å²) in [7, 11) is 0. The molecule has 1 saturated heterocycles. The molecule has 0 spiro atoms. The standard InChI is InChI=1S/C11H12ClN3O4/c12-8-3-6(15(17)18)1-2-10(8)14-11(16)7-4-19-5-9(7)13/h1-3,7,9H,4-5,13H2,(H,14,16). The minimum atomic E-state index is -0.557. The van der Waals surface area contributed by atoms with Gasteiger partial charge in [0.05, 0.1) is 34.8 Å². The third-order valence-electron chi connectivity index (χ3n) is 2.88. The van der Waals surface area contributed by atoms with Crippen molar-refractivity contribution in [2.45, 2.75) is 6.04 Å². The fraction of sp³-hybridized carbons (Fsp3) is 0.364. The van der Waals surface area contributed by atoms with Gasteiger partial charge in [-0.2, -0.15) is 0 Å². The third kappa shape index (κ3) is 3.01. The summed E-state index contributed by atoms with van der Waals surface area (Å²) in [6.07, 6.45) is 0. The molecule has 1 fully saturated rings. The van der Waals surface area contributed by atoms with Crippen LogP contribution < -0.4 is 11.1 Å². The topological polar surface area (TPSA) is 107 Å². The van der Waals surface area contributed by atoms with Crippen LogP contribution in [-0.2, 0) is 9.53 Å². The van der Waals surface area contributed by atoms with Gasteiger partial charge in [-0.3, -0.25) is 14.9 Å². The molecule has 7 nitrogen and oxygen atoms in total. The summed E-state index contributed by atoms with van der Waals surface area (Å²) in [5.41, 5.74) is 5.91. The third-order valence-corrected chi connectivity index (χ3v) is 3.20. The number of benzene rings is 1. The Bertz CT molecular complexity index is 523. The molecule has 0 bridgehead atoms. The first kappa shape index (κ1) is 13.7. The Hall–Kier alpha value is -1.70. The molecule has 0 saturated carbocycles. The molecule has 102 valence electrons. The van der Waals surface area contributed by atoms with Crippen molar-refractivity contribution < 1.29 is 14.5 Å². The van der Waals surface area contributed by atoms with E-state index in [2.05, 4.69) is 5.32 Å². The number of rotatable bonds is 3. The quantitative estimate of drug-likeness (QED) is 0.640. The van der Waals surface area contributed by atoms with Crippen molar-refractivity contribution in [1.82, 2.24) is 0 Å². The first-order chi connectivity index (χ1) is 8.99. The number of nitro benzene ring substituents is 1. The van der Waals surface area contributed by atoms with Crippen molar-refractivity contribution in [3.05, 3.63) is 33.3 Å². The predicted molar refractivity (Wildman–Crippen MR) is 69.0 cm³/mol. The van der Waals surface area contributed by atoms with Crippen molar-refractivity contribution >= 4 is 28.9 Å². The SMILES string of the molecule is NC1COCC1C(=O)Nc1ccc([N+](=O)[O-])cc1Cl. The Morgan fingerprint density at radius 1 is 1.53 bits per heavy atom. The zero-order valence-corrected chi connectivity index (χ0v) is 10.6. The molecule has 1 heterocycles. The summed E-state index contributed by atoms with van der Waals surface area (Å²) in [4.78, 5) is 21.9. The predicted octanol–water partition coefficient (Wildman–Crippen LogP) is 1.16. The average molecular weight is 286 g/mol. The van der Waals surface area contributed by atoms with Gasteiger partial charge >= 0.3 is 0 Å². The highest BCUT2D eigenvalue weighted by Gasteiger charge is 2.31. The van der Waals surface area contributed by atoms with E-state index in [1.165, 1.54) is 18.2 Å². The number of nitrogens with two attached hydrogens (primary N) is 1. The Kier molecular flexibility index (Phi) is 3.98. The maximum Gasteiger partial charge on any atom is 0.271 e. The number of ether oxygens (including phenoxy) is 1. The van der Waals surface area contributed by atoms with E-state index in [-0.39, 0.29) is 29.3 Å². The first-order valence-electron chi connectivity index (χ1n) is 5.57. The highest BCUT2D eigenvalue weighted by Crippen LogP contribution is 2.27. The molecule has 19 heavy (non-hydrogen) atoms. The van der Waals surface area contributed by atoms with E-state index in [1.54, 1.807) is 0 Å². The summed E-state index contributed by atoms with van der Waals surface area (Å²) in [6, 6.07) is 3.49. The molecule has 2 rings (SSSR count). The zero-order chi connectivity index (χ0) is 14.0. The molecule has 0 aromatic heterocycles. The fourth-order valence-electron chi connectivity index (χ4n) is 1.79. The summed E-state index contributed by atoms with van der Waals surface area (Å²) < 4.78 is 5.10. The number of carbonyl (C=O) groups is 1. The zero-order valence-electron chi connectivity index (χ0n) is 9.84. The molecular formula is C11H12ClN3O4.